The van der Waals surface area contributed by atoms with Crippen molar-refractivity contribution in [1.82, 2.24) is 14.8 Å². The summed E-state index contributed by atoms with van der Waals surface area (Å²) in [5.74, 6) is -0.443. The van der Waals surface area contributed by atoms with Crippen LogP contribution < -0.4 is 0 Å². The highest BCUT2D eigenvalue weighted by Crippen LogP contribution is 2.43. The minimum Gasteiger partial charge on any atom is -0.356 e. The monoisotopic (exact) mass is 467 g/mol. The molecule has 4 aromatic rings. The molecule has 0 radical (unpaired) electrons. The van der Waals surface area contributed by atoms with E-state index in [0.717, 1.165) is 33.3 Å². The second kappa shape index (κ2) is 8.38. The molecular formula is C29H26FN3O2. The summed E-state index contributed by atoms with van der Waals surface area (Å²) < 4.78 is 14.2. The number of halogens is 1. The van der Waals surface area contributed by atoms with Gasteiger partial charge < -0.3 is 14.8 Å². The summed E-state index contributed by atoms with van der Waals surface area (Å²) in [5, 5.41) is 1.09. The Morgan fingerprint density at radius 3 is 2.54 bits per heavy atom. The van der Waals surface area contributed by atoms with Gasteiger partial charge >= 0.3 is 0 Å². The van der Waals surface area contributed by atoms with E-state index in [2.05, 4.69) is 11.1 Å². The molecule has 176 valence electrons. The fourth-order valence-corrected chi connectivity index (χ4v) is 5.69. The Bertz CT molecular complexity index is 1460. The molecule has 0 aliphatic carbocycles. The molecule has 2 unspecified atom stereocenters. The highest BCUT2D eigenvalue weighted by molar-refractivity contribution is 5.97. The number of H-pyrrole nitrogens is 1. The van der Waals surface area contributed by atoms with Crippen LogP contribution in [0.15, 0.2) is 72.8 Å². The van der Waals surface area contributed by atoms with Crippen LogP contribution in [0.2, 0.25) is 0 Å². The first-order valence-electron chi connectivity index (χ1n) is 12.0. The number of hydrogen-bond donors (Lipinski definition) is 1. The third-order valence-corrected chi connectivity index (χ3v) is 7.43. The summed E-state index contributed by atoms with van der Waals surface area (Å²) in [6.07, 6.45) is 0.834. The van der Waals surface area contributed by atoms with E-state index in [9.17, 15) is 14.0 Å². The topological polar surface area (TPSA) is 56.4 Å². The number of rotatable bonds is 4. The van der Waals surface area contributed by atoms with Crippen molar-refractivity contribution in [2.75, 3.05) is 13.1 Å². The number of piperazine rings is 1. The van der Waals surface area contributed by atoms with E-state index in [1.54, 1.807) is 28.0 Å². The third kappa shape index (κ3) is 3.52. The molecule has 0 saturated carbocycles. The molecule has 6 rings (SSSR count). The summed E-state index contributed by atoms with van der Waals surface area (Å²) in [4.78, 5) is 34.3. The number of hydrogen-bond acceptors (Lipinski definition) is 2. The van der Waals surface area contributed by atoms with Crippen LogP contribution in [-0.2, 0) is 22.4 Å². The zero-order chi connectivity index (χ0) is 24.1. The Labute approximate surface area is 203 Å². The molecule has 2 atom stereocenters. The van der Waals surface area contributed by atoms with Gasteiger partial charge in [-0.05, 0) is 47.7 Å². The Hall–Kier alpha value is -3.93. The number of fused-ring (bicyclic) bond motifs is 4. The van der Waals surface area contributed by atoms with E-state index in [1.165, 1.54) is 6.07 Å². The maximum Gasteiger partial charge on any atom is 0.246 e. The highest BCUT2D eigenvalue weighted by atomic mass is 19.1. The van der Waals surface area contributed by atoms with E-state index >= 15 is 0 Å². The molecule has 2 aliphatic heterocycles. The number of carbonyl (C=O) groups excluding carboxylic acids is 2. The van der Waals surface area contributed by atoms with Gasteiger partial charge in [-0.3, -0.25) is 9.59 Å². The quantitative estimate of drug-likeness (QED) is 0.479. The van der Waals surface area contributed by atoms with Gasteiger partial charge in [0.2, 0.25) is 11.8 Å². The third-order valence-electron chi connectivity index (χ3n) is 7.43. The molecule has 6 heteroatoms. The second-order valence-corrected chi connectivity index (χ2v) is 9.44. The number of aromatic nitrogens is 1. The van der Waals surface area contributed by atoms with Crippen LogP contribution >= 0.6 is 0 Å². The smallest absolute Gasteiger partial charge is 0.246 e. The number of carbonyl (C=O) groups is 2. The summed E-state index contributed by atoms with van der Waals surface area (Å²) in [7, 11) is 0. The first-order valence-corrected chi connectivity index (χ1v) is 12.0. The maximum absolute atomic E-state index is 14.2. The predicted octanol–water partition coefficient (Wildman–Crippen LogP) is 4.54. The molecule has 35 heavy (non-hydrogen) atoms. The fourth-order valence-electron chi connectivity index (χ4n) is 5.69. The highest BCUT2D eigenvalue weighted by Gasteiger charge is 2.48. The number of aryl methyl sites for hydroxylation is 1. The van der Waals surface area contributed by atoms with E-state index in [-0.39, 0.29) is 30.2 Å². The van der Waals surface area contributed by atoms with Crippen molar-refractivity contribution in [3.8, 4) is 0 Å². The lowest BCUT2D eigenvalue weighted by atomic mass is 9.85. The molecule has 0 spiro atoms. The largest absolute Gasteiger partial charge is 0.356 e. The van der Waals surface area contributed by atoms with Crippen molar-refractivity contribution in [3.05, 3.63) is 107 Å². The number of amides is 2. The van der Waals surface area contributed by atoms with Crippen LogP contribution in [0.1, 0.15) is 34.0 Å². The molecule has 5 nitrogen and oxygen atoms in total. The Morgan fingerprint density at radius 1 is 0.971 bits per heavy atom. The number of para-hydroxylation sites is 1. The molecule has 0 bridgehead atoms. The van der Waals surface area contributed by atoms with E-state index < -0.39 is 6.04 Å². The van der Waals surface area contributed by atoms with Crippen LogP contribution in [0, 0.1) is 12.7 Å². The number of benzene rings is 3. The van der Waals surface area contributed by atoms with Gasteiger partial charge in [0.25, 0.3) is 0 Å². The summed E-state index contributed by atoms with van der Waals surface area (Å²) in [6, 6.07) is 21.8. The van der Waals surface area contributed by atoms with Crippen molar-refractivity contribution in [1.29, 1.82) is 0 Å². The lowest BCUT2D eigenvalue weighted by Gasteiger charge is -2.47. The Morgan fingerprint density at radius 2 is 1.71 bits per heavy atom. The fraction of sp³-hybridized carbons (Fsp3) is 0.241. The van der Waals surface area contributed by atoms with Crippen molar-refractivity contribution in [2.24, 2.45) is 0 Å². The van der Waals surface area contributed by atoms with Crippen molar-refractivity contribution in [3.63, 3.8) is 0 Å². The van der Waals surface area contributed by atoms with Gasteiger partial charge in [-0.15, -0.1) is 0 Å². The van der Waals surface area contributed by atoms with Gasteiger partial charge in [0.05, 0.1) is 12.6 Å². The van der Waals surface area contributed by atoms with Gasteiger partial charge in [0.15, 0.2) is 0 Å². The predicted molar refractivity (Wildman–Crippen MR) is 132 cm³/mol. The Balaban J connectivity index is 1.41. The molecule has 2 aliphatic rings. The normalized spacial score (nSPS) is 19.7. The van der Waals surface area contributed by atoms with Gasteiger partial charge in [0, 0.05) is 29.6 Å². The van der Waals surface area contributed by atoms with Gasteiger partial charge in [-0.25, -0.2) is 4.39 Å². The zero-order valence-corrected chi connectivity index (χ0v) is 19.5. The molecule has 1 fully saturated rings. The molecule has 1 N–H and O–H groups in total. The lowest BCUT2D eigenvalue weighted by molar-refractivity contribution is -0.158. The minimum absolute atomic E-state index is 0.00172. The van der Waals surface area contributed by atoms with Crippen molar-refractivity contribution in [2.45, 2.75) is 31.8 Å². The summed E-state index contributed by atoms with van der Waals surface area (Å²) in [6.45, 7) is 2.35. The SMILES string of the molecule is Cc1ccccc1C1c2[nH]c3ccccc3c2CC2C(=O)N(CCc3ccccc3F)CC(=O)N21. The molecule has 3 heterocycles. The standard InChI is InChI=1S/C29H26FN3O2/c1-18-8-2-4-10-20(18)28-27-22(21-11-5-7-13-24(21)31-27)16-25-29(35)32(17-26(34)33(25)28)15-14-19-9-3-6-12-23(19)30/h2-13,25,28,31H,14-17H2,1H3. The van der Waals surface area contributed by atoms with Gasteiger partial charge in [0.1, 0.15) is 11.9 Å². The van der Waals surface area contributed by atoms with Crippen LogP contribution in [0.5, 0.6) is 0 Å². The minimum atomic E-state index is -0.590. The second-order valence-electron chi connectivity index (χ2n) is 9.44. The molecule has 1 aromatic heterocycles. The average Bonchev–Trinajstić information content (AvgIpc) is 3.24. The van der Waals surface area contributed by atoms with Crippen molar-refractivity contribution >= 4 is 22.7 Å². The number of nitrogens with zero attached hydrogens (tertiary/aromatic N) is 2. The van der Waals surface area contributed by atoms with E-state index in [1.807, 2.05) is 49.4 Å². The summed E-state index contributed by atoms with van der Waals surface area (Å²) in [5.41, 5.74) is 5.73. The molecule has 1 saturated heterocycles. The number of nitrogens with one attached hydrogen (secondary N) is 1. The first kappa shape index (κ1) is 21.6. The van der Waals surface area contributed by atoms with Crippen LogP contribution in [0.25, 0.3) is 10.9 Å². The Kier molecular flexibility index (Phi) is 5.17. The van der Waals surface area contributed by atoms with Crippen LogP contribution in [0.4, 0.5) is 4.39 Å². The van der Waals surface area contributed by atoms with Gasteiger partial charge in [-0.1, -0.05) is 60.7 Å². The van der Waals surface area contributed by atoms with Crippen LogP contribution in [0.3, 0.4) is 0 Å². The van der Waals surface area contributed by atoms with E-state index in [0.29, 0.717) is 24.9 Å². The zero-order valence-electron chi connectivity index (χ0n) is 19.5. The summed E-state index contributed by atoms with van der Waals surface area (Å²) >= 11 is 0. The lowest BCUT2D eigenvalue weighted by Crippen LogP contribution is -2.63. The van der Waals surface area contributed by atoms with Crippen molar-refractivity contribution < 1.29 is 14.0 Å². The average molecular weight is 468 g/mol. The van der Waals surface area contributed by atoms with E-state index in [4.69, 9.17) is 0 Å². The van der Waals surface area contributed by atoms with Crippen LogP contribution in [-0.4, -0.2) is 45.7 Å². The molecule has 2 amide bonds. The van der Waals surface area contributed by atoms with Gasteiger partial charge in [-0.2, -0.15) is 0 Å². The maximum atomic E-state index is 14.2. The molecular weight excluding hydrogens is 441 g/mol. The number of aromatic amines is 1. The first-order chi connectivity index (χ1) is 17.0. The molecule has 3 aromatic carbocycles.